The molecule has 0 bridgehead atoms. The molecule has 8 rings (SSSR count). The van der Waals surface area contributed by atoms with Crippen molar-refractivity contribution in [3.8, 4) is 39.1 Å². The Labute approximate surface area is 266 Å². The largest absolute Gasteiger partial charge is 0.298 e. The van der Waals surface area contributed by atoms with Gasteiger partial charge in [-0.1, -0.05) is 126 Å². The van der Waals surface area contributed by atoms with E-state index in [0.29, 0.717) is 5.82 Å². The highest BCUT2D eigenvalue weighted by Gasteiger charge is 2.23. The number of hydrogen-bond donors (Lipinski definition) is 0. The molecule has 0 aliphatic carbocycles. The molecule has 1 aromatic heterocycles. The topological polar surface area (TPSA) is 17.8 Å². The maximum atomic E-state index is 6.19. The van der Waals surface area contributed by atoms with Crippen molar-refractivity contribution in [1.29, 1.82) is 0 Å². The van der Waals surface area contributed by atoms with Gasteiger partial charge in [0.1, 0.15) is 0 Å². The van der Waals surface area contributed by atoms with Crippen molar-refractivity contribution in [3.63, 3.8) is 0 Å². The highest BCUT2D eigenvalue weighted by atomic mass is 15.1. The lowest BCUT2D eigenvalue weighted by atomic mass is 9.42. The third kappa shape index (κ3) is 4.67. The molecule has 6 radical (unpaired) electrons. The molecule has 2 nitrogen and oxygen atoms in total. The molecule has 5 heteroatoms. The van der Waals surface area contributed by atoms with Crippen LogP contribution in [0, 0.1) is 0 Å². The molecule has 0 saturated heterocycles. The van der Waals surface area contributed by atoms with Crippen LogP contribution in [0.1, 0.15) is 5.82 Å². The van der Waals surface area contributed by atoms with Crippen LogP contribution < -0.4 is 0 Å². The van der Waals surface area contributed by atoms with Gasteiger partial charge >= 0.3 is 0 Å². The Morgan fingerprint density at radius 1 is 0.444 bits per heavy atom. The molecule has 0 aliphatic rings. The standard InChI is InChI=1S/C40H25B3N2/c41-40(42,43)39-44-35-17-9-10-18-36(35)45(39)30-22-19-28(20-23-30)37-31-15-7-8-16-32(31)38(27-13-5-2-6-14-27)34-25-29(21-24-33(34)37)26-11-3-1-4-12-26/h1-25H. The fraction of sp³-hybridized carbons (Fsp3) is 0.0250. The van der Waals surface area contributed by atoms with Crippen LogP contribution in [-0.4, -0.2) is 33.1 Å². The average Bonchev–Trinajstić information content (AvgIpc) is 3.48. The van der Waals surface area contributed by atoms with Crippen LogP contribution in [0.25, 0.3) is 71.6 Å². The van der Waals surface area contributed by atoms with Gasteiger partial charge in [-0.15, -0.1) is 0 Å². The number of imidazole rings is 1. The number of para-hydroxylation sites is 2. The molecule has 0 unspecified atom stereocenters. The third-order valence-electron chi connectivity index (χ3n) is 8.56. The van der Waals surface area contributed by atoms with Gasteiger partial charge in [-0.3, -0.25) is 4.57 Å². The summed E-state index contributed by atoms with van der Waals surface area (Å²) in [6, 6.07) is 53.1. The van der Waals surface area contributed by atoms with Crippen molar-refractivity contribution in [1.82, 2.24) is 9.55 Å². The van der Waals surface area contributed by atoms with Gasteiger partial charge in [0.05, 0.1) is 40.4 Å². The summed E-state index contributed by atoms with van der Waals surface area (Å²) in [5.41, 5.74) is 9.66. The Bertz CT molecular complexity index is 2340. The Morgan fingerprint density at radius 2 is 0.956 bits per heavy atom. The second kappa shape index (κ2) is 10.7. The van der Waals surface area contributed by atoms with Gasteiger partial charge in [0, 0.05) is 5.69 Å². The molecule has 0 atom stereocenters. The molecule has 7 aromatic carbocycles. The van der Waals surface area contributed by atoms with E-state index >= 15 is 0 Å². The van der Waals surface area contributed by atoms with E-state index < -0.39 is 5.11 Å². The van der Waals surface area contributed by atoms with Crippen molar-refractivity contribution >= 4 is 56.1 Å². The maximum absolute atomic E-state index is 6.19. The molecule has 0 spiro atoms. The molecule has 8 aromatic rings. The van der Waals surface area contributed by atoms with E-state index in [-0.39, 0.29) is 0 Å². The first-order valence-corrected chi connectivity index (χ1v) is 15.0. The lowest BCUT2D eigenvalue weighted by Crippen LogP contribution is -2.31. The third-order valence-corrected chi connectivity index (χ3v) is 8.56. The molecule has 204 valence electrons. The average molecular weight is 566 g/mol. The van der Waals surface area contributed by atoms with Gasteiger partial charge in [-0.2, -0.15) is 0 Å². The normalized spacial score (nSPS) is 11.8. The van der Waals surface area contributed by atoms with Crippen LogP contribution in [-0.2, 0) is 5.11 Å². The summed E-state index contributed by atoms with van der Waals surface area (Å²) in [5.74, 6) is 0.396. The molecule has 0 saturated carbocycles. The minimum Gasteiger partial charge on any atom is -0.298 e. The van der Waals surface area contributed by atoms with Crippen molar-refractivity contribution in [2.24, 2.45) is 0 Å². The maximum Gasteiger partial charge on any atom is 0.0951 e. The zero-order valence-electron chi connectivity index (χ0n) is 24.6. The highest BCUT2D eigenvalue weighted by molar-refractivity contribution is 6.58. The summed E-state index contributed by atoms with van der Waals surface area (Å²) in [5, 5.41) is 3.21. The van der Waals surface area contributed by atoms with E-state index in [1.54, 1.807) is 0 Å². The van der Waals surface area contributed by atoms with Gasteiger partial charge in [0.15, 0.2) is 0 Å². The lowest BCUT2D eigenvalue weighted by Gasteiger charge is -2.22. The van der Waals surface area contributed by atoms with E-state index in [4.69, 9.17) is 23.5 Å². The minimum atomic E-state index is -1.60. The Morgan fingerprint density at radius 3 is 1.62 bits per heavy atom. The van der Waals surface area contributed by atoms with Crippen molar-refractivity contribution < 1.29 is 0 Å². The zero-order chi connectivity index (χ0) is 30.5. The summed E-state index contributed by atoms with van der Waals surface area (Å²) < 4.78 is 1.94. The Kier molecular flexibility index (Phi) is 6.50. The summed E-state index contributed by atoms with van der Waals surface area (Å²) in [7, 11) is 18.6. The Hall–Kier alpha value is -5.28. The molecule has 0 amide bonds. The second-order valence-electron chi connectivity index (χ2n) is 11.5. The van der Waals surface area contributed by atoms with E-state index in [0.717, 1.165) is 22.3 Å². The summed E-state index contributed by atoms with van der Waals surface area (Å²) in [6.07, 6.45) is 0. The predicted octanol–water partition coefficient (Wildman–Crippen LogP) is 8.95. The van der Waals surface area contributed by atoms with Gasteiger partial charge in [-0.25, -0.2) is 4.98 Å². The molecule has 1 heterocycles. The van der Waals surface area contributed by atoms with Gasteiger partial charge in [0.2, 0.25) is 0 Å². The zero-order valence-corrected chi connectivity index (χ0v) is 24.6. The molecular weight excluding hydrogens is 541 g/mol. The van der Waals surface area contributed by atoms with Crippen molar-refractivity contribution in [3.05, 3.63) is 157 Å². The quantitative estimate of drug-likeness (QED) is 0.150. The Balaban J connectivity index is 1.39. The minimum absolute atomic E-state index is 0.396. The van der Waals surface area contributed by atoms with Crippen molar-refractivity contribution in [2.75, 3.05) is 0 Å². The fourth-order valence-corrected chi connectivity index (χ4v) is 6.57. The van der Waals surface area contributed by atoms with Crippen molar-refractivity contribution in [2.45, 2.75) is 5.11 Å². The van der Waals surface area contributed by atoms with E-state index in [9.17, 15) is 0 Å². The molecular formula is C40H25B3N2. The van der Waals surface area contributed by atoms with Crippen LogP contribution in [0.5, 0.6) is 0 Å². The van der Waals surface area contributed by atoms with Gasteiger partial charge < -0.3 is 0 Å². The SMILES string of the molecule is [B]C([B])([B])c1nc2ccccc2n1-c1ccc(-c2c3ccccc3c(-c3ccccc3)c3cc(-c4ccccc4)ccc23)cc1. The van der Waals surface area contributed by atoms with E-state index in [2.05, 4.69) is 132 Å². The number of fused-ring (bicyclic) bond motifs is 3. The number of hydrogen-bond acceptors (Lipinski definition) is 1. The smallest absolute Gasteiger partial charge is 0.0951 e. The van der Waals surface area contributed by atoms with Crippen LogP contribution in [0.2, 0.25) is 0 Å². The molecule has 0 fully saturated rings. The van der Waals surface area contributed by atoms with Gasteiger partial charge in [0.25, 0.3) is 0 Å². The number of benzene rings is 7. The monoisotopic (exact) mass is 566 g/mol. The fourth-order valence-electron chi connectivity index (χ4n) is 6.57. The summed E-state index contributed by atoms with van der Waals surface area (Å²) in [6.45, 7) is 0. The van der Waals surface area contributed by atoms with Crippen LogP contribution in [0.3, 0.4) is 0 Å². The van der Waals surface area contributed by atoms with Gasteiger partial charge in [-0.05, 0) is 85.3 Å². The summed E-state index contributed by atoms with van der Waals surface area (Å²) in [4.78, 5) is 4.68. The van der Waals surface area contributed by atoms with Crippen LogP contribution in [0.4, 0.5) is 0 Å². The number of rotatable bonds is 5. The first-order chi connectivity index (χ1) is 22.0. The first kappa shape index (κ1) is 27.3. The first-order valence-electron chi connectivity index (χ1n) is 15.0. The van der Waals surface area contributed by atoms with E-state index in [1.807, 2.05) is 28.8 Å². The lowest BCUT2D eigenvalue weighted by molar-refractivity contribution is 0.929. The molecule has 0 N–H and O–H groups in total. The second-order valence-corrected chi connectivity index (χ2v) is 11.5. The van der Waals surface area contributed by atoms with Crippen LogP contribution >= 0.6 is 0 Å². The molecule has 45 heavy (non-hydrogen) atoms. The molecule has 0 aliphatic heterocycles. The summed E-state index contributed by atoms with van der Waals surface area (Å²) >= 11 is 0. The van der Waals surface area contributed by atoms with E-state index in [1.165, 1.54) is 49.4 Å². The van der Waals surface area contributed by atoms with Crippen LogP contribution in [0.15, 0.2) is 152 Å². The number of nitrogens with zero attached hydrogens (tertiary/aromatic N) is 2. The predicted molar refractivity (Wildman–Crippen MR) is 191 cm³/mol. The highest BCUT2D eigenvalue weighted by Crippen LogP contribution is 2.45. The number of aromatic nitrogens is 2.